The molecular formula is C23H22FN5OS3. The van der Waals surface area contributed by atoms with Gasteiger partial charge < -0.3 is 5.73 Å². The summed E-state index contributed by atoms with van der Waals surface area (Å²) in [4.78, 5) is 29.7. The van der Waals surface area contributed by atoms with Gasteiger partial charge in [0.15, 0.2) is 10.3 Å². The van der Waals surface area contributed by atoms with Gasteiger partial charge >= 0.3 is 0 Å². The normalized spacial score (nSPS) is 15.5. The number of nitrogens with two attached hydrogens (primary N) is 1. The van der Waals surface area contributed by atoms with Crippen LogP contribution < -0.4 is 10.6 Å². The summed E-state index contributed by atoms with van der Waals surface area (Å²) in [5.74, 6) is 0.976. The lowest BCUT2D eigenvalue weighted by atomic mass is 9.89. The lowest BCUT2D eigenvalue weighted by Gasteiger charge is -2.18. The number of nitrogen functional groups attached to an aromatic ring is 1. The molecule has 0 fully saturated rings. The van der Waals surface area contributed by atoms with Crippen molar-refractivity contribution in [1.82, 2.24) is 15.0 Å². The Hall–Kier alpha value is -2.56. The van der Waals surface area contributed by atoms with Gasteiger partial charge in [-0.25, -0.2) is 19.3 Å². The van der Waals surface area contributed by atoms with Crippen molar-refractivity contribution < 1.29 is 9.18 Å². The van der Waals surface area contributed by atoms with Crippen molar-refractivity contribution in [2.45, 2.75) is 44.0 Å². The zero-order valence-electron chi connectivity index (χ0n) is 18.2. The number of hydrogen-bond acceptors (Lipinski definition) is 8. The first-order chi connectivity index (χ1) is 15.9. The maximum Gasteiger partial charge on any atom is 0.230 e. The number of carbonyl (C=O) groups is 1. The second-order valence-corrected chi connectivity index (χ2v) is 11.0. The zero-order chi connectivity index (χ0) is 23.1. The molecule has 3 aromatic heterocycles. The van der Waals surface area contributed by atoms with Crippen LogP contribution in [0.2, 0.25) is 0 Å². The molecule has 0 saturated heterocycles. The van der Waals surface area contributed by atoms with Crippen LogP contribution in [0.15, 0.2) is 34.8 Å². The number of rotatable bonds is 5. The lowest BCUT2D eigenvalue weighted by molar-refractivity contribution is -0.115. The topological polar surface area (TPSA) is 85.0 Å². The molecule has 5 rings (SSSR count). The van der Waals surface area contributed by atoms with Crippen molar-refractivity contribution in [2.24, 2.45) is 5.92 Å². The van der Waals surface area contributed by atoms with Crippen LogP contribution in [0.4, 0.5) is 21.0 Å². The van der Waals surface area contributed by atoms with E-state index in [0.717, 1.165) is 28.8 Å². The summed E-state index contributed by atoms with van der Waals surface area (Å²) in [5, 5.41) is 3.92. The number of benzene rings is 1. The van der Waals surface area contributed by atoms with E-state index in [9.17, 15) is 9.18 Å². The molecule has 6 nitrogen and oxygen atoms in total. The molecule has 4 aromatic rings. The van der Waals surface area contributed by atoms with Gasteiger partial charge in [0.2, 0.25) is 5.91 Å². The molecule has 1 amide bonds. The Bertz CT molecular complexity index is 1350. The van der Waals surface area contributed by atoms with E-state index in [2.05, 4.69) is 16.9 Å². The Morgan fingerprint density at radius 1 is 1.30 bits per heavy atom. The van der Waals surface area contributed by atoms with Crippen LogP contribution in [0.1, 0.15) is 36.4 Å². The van der Waals surface area contributed by atoms with Crippen LogP contribution in [0.3, 0.4) is 0 Å². The molecule has 0 aliphatic heterocycles. The van der Waals surface area contributed by atoms with E-state index in [4.69, 9.17) is 10.7 Å². The van der Waals surface area contributed by atoms with E-state index < -0.39 is 5.82 Å². The van der Waals surface area contributed by atoms with E-state index >= 15 is 0 Å². The molecule has 3 heterocycles. The van der Waals surface area contributed by atoms with Gasteiger partial charge in [0.1, 0.15) is 16.5 Å². The number of nitrogens with zero attached hydrogens (tertiary/aromatic N) is 4. The third-order valence-electron chi connectivity index (χ3n) is 5.65. The average Bonchev–Trinajstić information content (AvgIpc) is 3.37. The highest BCUT2D eigenvalue weighted by molar-refractivity contribution is 7.98. The van der Waals surface area contributed by atoms with Crippen LogP contribution >= 0.6 is 34.4 Å². The first-order valence-corrected chi connectivity index (χ1v) is 13.3. The summed E-state index contributed by atoms with van der Waals surface area (Å²) in [6.45, 7) is 3.68. The monoisotopic (exact) mass is 499 g/mol. The van der Waals surface area contributed by atoms with Crippen molar-refractivity contribution in [3.63, 3.8) is 0 Å². The molecule has 2 N–H and O–H groups in total. The van der Waals surface area contributed by atoms with E-state index in [0.29, 0.717) is 27.8 Å². The van der Waals surface area contributed by atoms with Crippen LogP contribution in [0.25, 0.3) is 10.2 Å². The Morgan fingerprint density at radius 3 is 2.91 bits per heavy atom. The van der Waals surface area contributed by atoms with Gasteiger partial charge in [-0.15, -0.1) is 22.7 Å². The molecular weight excluding hydrogens is 477 g/mol. The molecule has 10 heteroatoms. The number of halogens is 1. The quantitative estimate of drug-likeness (QED) is 0.269. The predicted octanol–water partition coefficient (Wildman–Crippen LogP) is 5.97. The summed E-state index contributed by atoms with van der Waals surface area (Å²) in [7, 11) is 0. The highest BCUT2D eigenvalue weighted by atomic mass is 32.2. The summed E-state index contributed by atoms with van der Waals surface area (Å²) < 4.78 is 14.3. The standard InChI is InChI=1S/C23H22FN5OS3/c1-12-7-8-15-18(9-12)33-21-19(15)20(25)27-22(28-21)31-10-14-11-32-23(26-14)29(13(2)30)17-6-4-3-5-16(17)24/h3-6,11-12H,7-10H2,1-2H3,(H2,25,27,28). The smallest absolute Gasteiger partial charge is 0.230 e. The number of amides is 1. The Kier molecular flexibility index (Phi) is 6.07. The number of hydrogen-bond donors (Lipinski definition) is 1. The largest absolute Gasteiger partial charge is 0.383 e. The zero-order valence-corrected chi connectivity index (χ0v) is 20.6. The third kappa shape index (κ3) is 4.34. The summed E-state index contributed by atoms with van der Waals surface area (Å²) in [6.07, 6.45) is 3.28. The van der Waals surface area contributed by atoms with E-state index in [1.165, 1.54) is 57.9 Å². The molecule has 1 unspecified atom stereocenters. The van der Waals surface area contributed by atoms with Crippen LogP contribution in [-0.4, -0.2) is 20.9 Å². The molecule has 170 valence electrons. The maximum absolute atomic E-state index is 14.3. The molecule has 1 aliphatic carbocycles. The van der Waals surface area contributed by atoms with Crippen molar-refractivity contribution in [2.75, 3.05) is 10.6 Å². The third-order valence-corrected chi connectivity index (χ3v) is 8.55. The number of anilines is 3. The minimum absolute atomic E-state index is 0.191. The number of aryl methyl sites for hydroxylation is 1. The van der Waals surface area contributed by atoms with Crippen molar-refractivity contribution in [3.8, 4) is 0 Å². The minimum atomic E-state index is -0.468. The number of aromatic nitrogens is 3. The average molecular weight is 500 g/mol. The highest BCUT2D eigenvalue weighted by Crippen LogP contribution is 2.40. The minimum Gasteiger partial charge on any atom is -0.383 e. The van der Waals surface area contributed by atoms with Gasteiger partial charge in [0, 0.05) is 22.9 Å². The number of thiophene rings is 1. The number of fused-ring (bicyclic) bond motifs is 3. The number of para-hydroxylation sites is 1. The molecule has 0 radical (unpaired) electrons. The van der Waals surface area contributed by atoms with Crippen molar-refractivity contribution in [3.05, 3.63) is 51.6 Å². The van der Waals surface area contributed by atoms with Crippen molar-refractivity contribution in [1.29, 1.82) is 0 Å². The SMILES string of the molecule is CC(=O)N(c1nc(CSc2nc(N)c3c4c(sc3n2)CC(C)CC4)cs1)c1ccccc1F. The fraction of sp³-hybridized carbons (Fsp3) is 0.304. The van der Waals surface area contributed by atoms with Crippen LogP contribution in [0, 0.1) is 11.7 Å². The van der Waals surface area contributed by atoms with Gasteiger partial charge in [0.25, 0.3) is 0 Å². The van der Waals surface area contributed by atoms with Gasteiger partial charge in [-0.2, -0.15) is 0 Å². The maximum atomic E-state index is 14.3. The van der Waals surface area contributed by atoms with Gasteiger partial charge in [-0.1, -0.05) is 30.8 Å². The summed E-state index contributed by atoms with van der Waals surface area (Å²) in [5.41, 5.74) is 8.62. The molecule has 0 bridgehead atoms. The Morgan fingerprint density at radius 2 is 2.12 bits per heavy atom. The predicted molar refractivity (Wildman–Crippen MR) is 134 cm³/mol. The molecule has 1 aliphatic rings. The first kappa shape index (κ1) is 22.2. The number of carbonyl (C=O) groups excluding carboxylic acids is 1. The highest BCUT2D eigenvalue weighted by Gasteiger charge is 2.24. The van der Waals surface area contributed by atoms with Gasteiger partial charge in [-0.3, -0.25) is 9.69 Å². The van der Waals surface area contributed by atoms with E-state index in [1.807, 2.05) is 5.38 Å². The fourth-order valence-electron chi connectivity index (χ4n) is 4.06. The van der Waals surface area contributed by atoms with E-state index in [1.54, 1.807) is 29.5 Å². The molecule has 1 aromatic carbocycles. The molecule has 0 saturated carbocycles. The fourth-order valence-corrected chi connectivity index (χ4v) is 7.24. The molecule has 1 atom stereocenters. The molecule has 33 heavy (non-hydrogen) atoms. The Labute approximate surface area is 203 Å². The Balaban J connectivity index is 1.36. The second kappa shape index (κ2) is 9.00. The van der Waals surface area contributed by atoms with E-state index in [-0.39, 0.29) is 11.6 Å². The van der Waals surface area contributed by atoms with Crippen LogP contribution in [-0.2, 0) is 23.4 Å². The van der Waals surface area contributed by atoms with Gasteiger partial charge in [-0.05, 0) is 42.9 Å². The second-order valence-electron chi connectivity index (χ2n) is 8.14. The van der Waals surface area contributed by atoms with Crippen molar-refractivity contribution >= 4 is 67.2 Å². The molecule has 0 spiro atoms. The lowest BCUT2D eigenvalue weighted by Crippen LogP contribution is -2.23. The summed E-state index contributed by atoms with van der Waals surface area (Å²) in [6, 6.07) is 6.18. The first-order valence-electron chi connectivity index (χ1n) is 10.6. The number of thioether (sulfide) groups is 1. The van der Waals surface area contributed by atoms with Gasteiger partial charge in [0.05, 0.1) is 16.8 Å². The number of thiazole rings is 1. The summed E-state index contributed by atoms with van der Waals surface area (Å²) >= 11 is 4.48. The van der Waals surface area contributed by atoms with Crippen LogP contribution in [0.5, 0.6) is 0 Å².